The smallest absolute Gasteiger partial charge is 0.128 e. The Balaban J connectivity index is 1.97. The maximum Gasteiger partial charge on any atom is 0.128 e. The molecule has 1 aromatic carbocycles. The van der Waals surface area contributed by atoms with E-state index in [4.69, 9.17) is 10.5 Å². The molecule has 1 aliphatic rings. The third kappa shape index (κ3) is 2.80. The number of hydrogen-bond donors (Lipinski definition) is 1. The van der Waals surface area contributed by atoms with E-state index in [1.165, 1.54) is 0 Å². The molecule has 0 spiro atoms. The van der Waals surface area contributed by atoms with Crippen molar-refractivity contribution in [2.45, 2.75) is 37.8 Å². The molecule has 0 saturated heterocycles. The third-order valence-electron chi connectivity index (χ3n) is 3.22. The summed E-state index contributed by atoms with van der Waals surface area (Å²) in [6.07, 6.45) is 4.03. The number of benzene rings is 1. The minimum Gasteiger partial charge on any atom is -0.380 e. The van der Waals surface area contributed by atoms with Crippen LogP contribution in [0.1, 0.15) is 30.4 Å². The molecule has 88 valence electrons. The average molecular weight is 223 g/mol. The topological polar surface area (TPSA) is 35.2 Å². The first-order chi connectivity index (χ1) is 7.63. The number of hydrogen-bond acceptors (Lipinski definition) is 2. The molecule has 0 aromatic heterocycles. The molecule has 3 heteroatoms. The second-order valence-electron chi connectivity index (χ2n) is 4.72. The van der Waals surface area contributed by atoms with Crippen LogP contribution in [-0.4, -0.2) is 12.6 Å². The molecule has 16 heavy (non-hydrogen) atoms. The highest BCUT2D eigenvalue weighted by Gasteiger charge is 2.37. The Kier molecular flexibility index (Phi) is 3.26. The van der Waals surface area contributed by atoms with E-state index >= 15 is 0 Å². The first-order valence-corrected chi connectivity index (χ1v) is 5.68. The normalized spacial score (nSPS) is 17.4. The van der Waals surface area contributed by atoms with Crippen molar-refractivity contribution in [1.82, 2.24) is 0 Å². The molecule has 0 unspecified atom stereocenters. The van der Waals surface area contributed by atoms with E-state index in [0.717, 1.165) is 31.2 Å². The zero-order valence-electron chi connectivity index (χ0n) is 9.63. The van der Waals surface area contributed by atoms with Gasteiger partial charge in [0.05, 0.1) is 6.61 Å². The Labute approximate surface area is 95.6 Å². The van der Waals surface area contributed by atoms with E-state index in [9.17, 15) is 4.39 Å². The molecular weight excluding hydrogens is 205 g/mol. The van der Waals surface area contributed by atoms with Crippen LogP contribution in [0.25, 0.3) is 0 Å². The van der Waals surface area contributed by atoms with Crippen LogP contribution < -0.4 is 5.73 Å². The summed E-state index contributed by atoms with van der Waals surface area (Å²) in [6, 6.07) is 5.35. The Bertz CT molecular complexity index is 374. The number of rotatable bonds is 5. The van der Waals surface area contributed by atoms with Gasteiger partial charge >= 0.3 is 0 Å². The van der Waals surface area contributed by atoms with E-state index in [2.05, 4.69) is 0 Å². The number of nitrogens with two attached hydrogens (primary N) is 1. The second-order valence-corrected chi connectivity index (χ2v) is 4.72. The van der Waals surface area contributed by atoms with Crippen LogP contribution in [0.2, 0.25) is 0 Å². The van der Waals surface area contributed by atoms with Crippen molar-refractivity contribution in [1.29, 1.82) is 0 Å². The molecule has 0 heterocycles. The molecule has 2 rings (SSSR count). The van der Waals surface area contributed by atoms with Gasteiger partial charge in [-0.15, -0.1) is 0 Å². The molecule has 0 radical (unpaired) electrons. The average Bonchev–Trinajstić information content (AvgIpc) is 2.98. The summed E-state index contributed by atoms with van der Waals surface area (Å²) in [5, 5.41) is 0. The van der Waals surface area contributed by atoms with Crippen LogP contribution in [0.15, 0.2) is 18.2 Å². The van der Waals surface area contributed by atoms with Gasteiger partial charge in [-0.05, 0) is 37.3 Å². The zero-order valence-corrected chi connectivity index (χ0v) is 9.63. The van der Waals surface area contributed by atoms with Gasteiger partial charge in [0.2, 0.25) is 0 Å². The summed E-state index contributed by atoms with van der Waals surface area (Å²) in [5.41, 5.74) is 7.67. The van der Waals surface area contributed by atoms with E-state index in [-0.39, 0.29) is 11.4 Å². The third-order valence-corrected chi connectivity index (χ3v) is 3.22. The Morgan fingerprint density at radius 2 is 2.19 bits per heavy atom. The van der Waals surface area contributed by atoms with Gasteiger partial charge in [-0.1, -0.05) is 12.1 Å². The molecule has 0 amide bonds. The first-order valence-electron chi connectivity index (χ1n) is 5.68. The molecule has 1 saturated carbocycles. The molecule has 1 fully saturated rings. The van der Waals surface area contributed by atoms with Crippen LogP contribution in [0.5, 0.6) is 0 Å². The molecule has 0 atom stereocenters. The number of aryl methyl sites for hydroxylation is 1. The van der Waals surface area contributed by atoms with Crippen LogP contribution >= 0.6 is 0 Å². The summed E-state index contributed by atoms with van der Waals surface area (Å²) >= 11 is 0. The van der Waals surface area contributed by atoms with Crippen molar-refractivity contribution in [3.63, 3.8) is 0 Å². The molecule has 0 aliphatic heterocycles. The van der Waals surface area contributed by atoms with Crippen LogP contribution in [-0.2, 0) is 17.8 Å². The van der Waals surface area contributed by atoms with Gasteiger partial charge in [-0.3, -0.25) is 0 Å². The fraction of sp³-hybridized carbons (Fsp3) is 0.538. The van der Waals surface area contributed by atoms with Gasteiger partial charge in [0.1, 0.15) is 5.82 Å². The second kappa shape index (κ2) is 4.52. The molecule has 1 aliphatic carbocycles. The largest absolute Gasteiger partial charge is 0.380 e. The van der Waals surface area contributed by atoms with Gasteiger partial charge in [-0.2, -0.15) is 0 Å². The standard InChI is InChI=1S/C13H18FNO/c1-16-9-11-3-2-10(8-12(11)14)4-5-13(15)6-7-13/h2-3,8H,4-7,9,15H2,1H3. The Morgan fingerprint density at radius 1 is 1.44 bits per heavy atom. The van der Waals surface area contributed by atoms with Gasteiger partial charge in [0.25, 0.3) is 0 Å². The first kappa shape index (κ1) is 11.6. The van der Waals surface area contributed by atoms with Gasteiger partial charge < -0.3 is 10.5 Å². The van der Waals surface area contributed by atoms with Gasteiger partial charge in [0, 0.05) is 18.2 Å². The van der Waals surface area contributed by atoms with Crippen molar-refractivity contribution >= 4 is 0 Å². The number of halogens is 1. The summed E-state index contributed by atoms with van der Waals surface area (Å²) < 4.78 is 18.5. The predicted molar refractivity (Wildman–Crippen MR) is 61.6 cm³/mol. The Morgan fingerprint density at radius 3 is 2.75 bits per heavy atom. The molecule has 2 nitrogen and oxygen atoms in total. The highest BCUT2D eigenvalue weighted by molar-refractivity contribution is 5.24. The number of ether oxygens (including phenoxy) is 1. The SMILES string of the molecule is COCc1ccc(CCC2(N)CC2)cc1F. The minimum atomic E-state index is -0.179. The van der Waals surface area contributed by atoms with E-state index in [1.54, 1.807) is 19.2 Å². The van der Waals surface area contributed by atoms with Crippen molar-refractivity contribution in [2.24, 2.45) is 5.73 Å². The van der Waals surface area contributed by atoms with E-state index in [0.29, 0.717) is 12.2 Å². The summed E-state index contributed by atoms with van der Waals surface area (Å²) in [6.45, 7) is 0.326. The monoisotopic (exact) mass is 223 g/mol. The predicted octanol–water partition coefficient (Wildman–Crippen LogP) is 2.40. The van der Waals surface area contributed by atoms with E-state index in [1.807, 2.05) is 6.07 Å². The lowest BCUT2D eigenvalue weighted by molar-refractivity contribution is 0.181. The molecule has 0 bridgehead atoms. The van der Waals surface area contributed by atoms with Gasteiger partial charge in [0.15, 0.2) is 0 Å². The lowest BCUT2D eigenvalue weighted by Gasteiger charge is -2.09. The summed E-state index contributed by atoms with van der Waals surface area (Å²) in [7, 11) is 1.57. The van der Waals surface area contributed by atoms with Crippen LogP contribution in [0.4, 0.5) is 4.39 Å². The molecule has 1 aromatic rings. The maximum atomic E-state index is 13.6. The highest BCUT2D eigenvalue weighted by Crippen LogP contribution is 2.36. The van der Waals surface area contributed by atoms with Crippen molar-refractivity contribution in [2.75, 3.05) is 7.11 Å². The molecular formula is C13H18FNO. The highest BCUT2D eigenvalue weighted by atomic mass is 19.1. The van der Waals surface area contributed by atoms with Crippen molar-refractivity contribution in [3.8, 4) is 0 Å². The summed E-state index contributed by atoms with van der Waals surface area (Å²) in [5.74, 6) is -0.179. The molecule has 2 N–H and O–H groups in total. The van der Waals surface area contributed by atoms with Gasteiger partial charge in [-0.25, -0.2) is 4.39 Å². The minimum absolute atomic E-state index is 0.0433. The lowest BCUT2D eigenvalue weighted by atomic mass is 10.0. The van der Waals surface area contributed by atoms with Crippen molar-refractivity contribution < 1.29 is 9.13 Å². The van der Waals surface area contributed by atoms with E-state index < -0.39 is 0 Å². The van der Waals surface area contributed by atoms with Crippen molar-refractivity contribution in [3.05, 3.63) is 35.1 Å². The van der Waals surface area contributed by atoms with Crippen LogP contribution in [0, 0.1) is 5.82 Å². The lowest BCUT2D eigenvalue weighted by Crippen LogP contribution is -2.22. The zero-order chi connectivity index (χ0) is 11.6. The fourth-order valence-corrected chi connectivity index (χ4v) is 1.82. The summed E-state index contributed by atoms with van der Waals surface area (Å²) in [4.78, 5) is 0. The fourth-order valence-electron chi connectivity index (χ4n) is 1.82. The maximum absolute atomic E-state index is 13.6. The van der Waals surface area contributed by atoms with Crippen LogP contribution in [0.3, 0.4) is 0 Å². The Hall–Kier alpha value is -0.930. The quantitative estimate of drug-likeness (QED) is 0.832. The number of methoxy groups -OCH3 is 1.